The van der Waals surface area contributed by atoms with Gasteiger partial charge in [-0.05, 0) is 37.6 Å². The van der Waals surface area contributed by atoms with Gasteiger partial charge in [0.25, 0.3) is 5.56 Å². The molecule has 0 saturated heterocycles. The lowest BCUT2D eigenvalue weighted by atomic mass is 10.1. The summed E-state index contributed by atoms with van der Waals surface area (Å²) in [6.07, 6.45) is 1.25. The van der Waals surface area contributed by atoms with Gasteiger partial charge in [0.1, 0.15) is 18.2 Å². The lowest BCUT2D eigenvalue weighted by molar-refractivity contribution is -0.116. The van der Waals surface area contributed by atoms with Crippen LogP contribution >= 0.6 is 0 Å². The van der Waals surface area contributed by atoms with Crippen molar-refractivity contribution in [1.82, 2.24) is 19.3 Å². The maximum Gasteiger partial charge on any atom is 0.261 e. The highest BCUT2D eigenvalue weighted by Gasteiger charge is 2.14. The predicted molar refractivity (Wildman–Crippen MR) is 108 cm³/mol. The molecule has 0 fully saturated rings. The molecule has 4 rings (SSSR count). The number of carbonyl (C=O) groups excluding carboxylic acids is 1. The number of nitrogens with zero attached hydrogens (tertiary/aromatic N) is 4. The van der Waals surface area contributed by atoms with E-state index < -0.39 is 17.3 Å². The van der Waals surface area contributed by atoms with E-state index in [-0.39, 0.29) is 17.4 Å². The predicted octanol–water partition coefficient (Wildman–Crippen LogP) is 2.98. The van der Waals surface area contributed by atoms with Crippen molar-refractivity contribution in [3.63, 3.8) is 0 Å². The Morgan fingerprint density at radius 1 is 1.14 bits per heavy atom. The first-order valence-corrected chi connectivity index (χ1v) is 8.99. The van der Waals surface area contributed by atoms with Crippen molar-refractivity contribution >= 4 is 22.6 Å². The van der Waals surface area contributed by atoms with Crippen LogP contribution in [0.2, 0.25) is 0 Å². The van der Waals surface area contributed by atoms with E-state index in [0.717, 1.165) is 11.4 Å². The fourth-order valence-electron chi connectivity index (χ4n) is 3.09. The first kappa shape index (κ1) is 18.5. The Morgan fingerprint density at radius 2 is 1.90 bits per heavy atom. The number of anilines is 1. The van der Waals surface area contributed by atoms with E-state index in [0.29, 0.717) is 11.4 Å². The summed E-state index contributed by atoms with van der Waals surface area (Å²) in [6.45, 7) is 3.18. The lowest BCUT2D eigenvalue weighted by Gasteiger charge is -2.10. The third-order valence-electron chi connectivity index (χ3n) is 4.52. The maximum atomic E-state index is 13.7. The minimum atomic E-state index is -0.426. The number of hydrogen-bond acceptors (Lipinski definition) is 4. The molecule has 0 aliphatic rings. The second-order valence-electron chi connectivity index (χ2n) is 6.76. The maximum absolute atomic E-state index is 13.7. The molecule has 1 N–H and O–H groups in total. The molecule has 1 amide bonds. The van der Waals surface area contributed by atoms with E-state index in [1.54, 1.807) is 17.7 Å². The number of halogens is 1. The quantitative estimate of drug-likeness (QED) is 0.580. The number of fused-ring (bicyclic) bond motifs is 1. The number of hydrogen-bond donors (Lipinski definition) is 1. The summed E-state index contributed by atoms with van der Waals surface area (Å²) in [5, 5.41) is 7.46. The topological polar surface area (TPSA) is 81.8 Å². The Labute approximate surface area is 165 Å². The number of para-hydroxylation sites is 1. The first-order chi connectivity index (χ1) is 13.9. The highest BCUT2D eigenvalue weighted by molar-refractivity contribution is 5.90. The van der Waals surface area contributed by atoms with Gasteiger partial charge >= 0.3 is 0 Å². The molecule has 4 aromatic rings. The van der Waals surface area contributed by atoms with Gasteiger partial charge in [-0.15, -0.1) is 0 Å². The molecule has 8 heteroatoms. The summed E-state index contributed by atoms with van der Waals surface area (Å²) in [5.41, 5.74) is 1.75. The van der Waals surface area contributed by atoms with E-state index >= 15 is 0 Å². The Hall–Kier alpha value is -3.81. The van der Waals surface area contributed by atoms with Crippen molar-refractivity contribution in [2.24, 2.45) is 0 Å². The number of benzene rings is 2. The van der Waals surface area contributed by atoms with Gasteiger partial charge in [0.2, 0.25) is 5.91 Å². The molecule has 0 aliphatic carbocycles. The summed E-state index contributed by atoms with van der Waals surface area (Å²) >= 11 is 0. The van der Waals surface area contributed by atoms with E-state index in [1.165, 1.54) is 23.0 Å². The standard InChI is InChI=1S/C21H18FN5O2/c1-13-8-16-18(10-17(13)22)23-12-26(21(16)29)11-20(28)24-19-9-14(2)25-27(19)15-6-4-3-5-7-15/h3-10,12H,11H2,1-2H3,(H,24,28). The molecule has 146 valence electrons. The van der Waals surface area contributed by atoms with Crippen LogP contribution in [0.4, 0.5) is 10.2 Å². The summed E-state index contributed by atoms with van der Waals surface area (Å²) in [5.74, 6) is -0.327. The summed E-state index contributed by atoms with van der Waals surface area (Å²) in [6, 6.07) is 13.8. The van der Waals surface area contributed by atoms with Crippen LogP contribution in [0, 0.1) is 19.7 Å². The van der Waals surface area contributed by atoms with Gasteiger partial charge in [-0.3, -0.25) is 14.2 Å². The van der Waals surface area contributed by atoms with Crippen LogP contribution in [0.3, 0.4) is 0 Å². The van der Waals surface area contributed by atoms with Gasteiger partial charge in [-0.1, -0.05) is 18.2 Å². The van der Waals surface area contributed by atoms with Crippen LogP contribution in [0.25, 0.3) is 16.6 Å². The number of amides is 1. The molecule has 0 aliphatic heterocycles. The van der Waals surface area contributed by atoms with Crippen molar-refractivity contribution in [3.8, 4) is 5.69 Å². The fourth-order valence-corrected chi connectivity index (χ4v) is 3.09. The molecule has 0 unspecified atom stereocenters. The van der Waals surface area contributed by atoms with Crippen LogP contribution in [0.15, 0.2) is 59.7 Å². The highest BCUT2D eigenvalue weighted by Crippen LogP contribution is 2.17. The van der Waals surface area contributed by atoms with Gasteiger partial charge in [-0.2, -0.15) is 5.10 Å². The molecule has 0 spiro atoms. The van der Waals surface area contributed by atoms with Crippen LogP contribution in [-0.4, -0.2) is 25.2 Å². The molecule has 0 bridgehead atoms. The molecule has 0 saturated carbocycles. The first-order valence-electron chi connectivity index (χ1n) is 8.99. The molecule has 7 nitrogen and oxygen atoms in total. The summed E-state index contributed by atoms with van der Waals surface area (Å²) < 4.78 is 16.5. The van der Waals surface area contributed by atoms with Gasteiger partial charge < -0.3 is 5.32 Å². The number of carbonyl (C=O) groups is 1. The van der Waals surface area contributed by atoms with Crippen molar-refractivity contribution in [3.05, 3.63) is 82.3 Å². The molecular formula is C21H18FN5O2. The average molecular weight is 391 g/mol. The van der Waals surface area contributed by atoms with Crippen molar-refractivity contribution in [2.75, 3.05) is 5.32 Å². The Balaban J connectivity index is 1.61. The smallest absolute Gasteiger partial charge is 0.261 e. The lowest BCUT2D eigenvalue weighted by Crippen LogP contribution is -2.28. The molecule has 2 aromatic carbocycles. The molecule has 0 radical (unpaired) electrons. The molecule has 0 atom stereocenters. The van der Waals surface area contributed by atoms with Gasteiger partial charge in [0.05, 0.1) is 28.6 Å². The Kier molecular flexibility index (Phi) is 4.67. The largest absolute Gasteiger partial charge is 0.309 e. The van der Waals surface area contributed by atoms with E-state index in [1.807, 2.05) is 37.3 Å². The van der Waals surface area contributed by atoms with Crippen LogP contribution in [-0.2, 0) is 11.3 Å². The van der Waals surface area contributed by atoms with E-state index in [2.05, 4.69) is 15.4 Å². The Morgan fingerprint density at radius 3 is 2.66 bits per heavy atom. The summed E-state index contributed by atoms with van der Waals surface area (Å²) in [4.78, 5) is 29.4. The van der Waals surface area contributed by atoms with Gasteiger partial charge in [-0.25, -0.2) is 14.1 Å². The number of aromatic nitrogens is 4. The SMILES string of the molecule is Cc1cc(NC(=O)Cn2cnc3cc(F)c(C)cc3c2=O)n(-c2ccccc2)n1. The second-order valence-corrected chi connectivity index (χ2v) is 6.76. The van der Waals surface area contributed by atoms with Crippen molar-refractivity contribution < 1.29 is 9.18 Å². The number of aryl methyl sites for hydroxylation is 2. The van der Waals surface area contributed by atoms with E-state index in [9.17, 15) is 14.0 Å². The van der Waals surface area contributed by atoms with Crippen molar-refractivity contribution in [1.29, 1.82) is 0 Å². The zero-order valence-electron chi connectivity index (χ0n) is 15.9. The van der Waals surface area contributed by atoms with Gasteiger partial charge in [0.15, 0.2) is 0 Å². The Bertz CT molecular complexity index is 1280. The fraction of sp³-hybridized carbons (Fsp3) is 0.143. The summed E-state index contributed by atoms with van der Waals surface area (Å²) in [7, 11) is 0. The highest BCUT2D eigenvalue weighted by atomic mass is 19.1. The van der Waals surface area contributed by atoms with E-state index in [4.69, 9.17) is 0 Å². The average Bonchev–Trinajstić information content (AvgIpc) is 3.06. The molecule has 2 aromatic heterocycles. The third-order valence-corrected chi connectivity index (χ3v) is 4.52. The van der Waals surface area contributed by atoms with Gasteiger partial charge in [0, 0.05) is 12.1 Å². The minimum Gasteiger partial charge on any atom is -0.309 e. The normalized spacial score (nSPS) is 11.0. The van der Waals surface area contributed by atoms with Crippen LogP contribution in [0.1, 0.15) is 11.3 Å². The number of nitrogens with one attached hydrogen (secondary N) is 1. The molecular weight excluding hydrogens is 373 g/mol. The molecule has 29 heavy (non-hydrogen) atoms. The van der Waals surface area contributed by atoms with Crippen LogP contribution in [0.5, 0.6) is 0 Å². The zero-order chi connectivity index (χ0) is 20.5. The monoisotopic (exact) mass is 391 g/mol. The second kappa shape index (κ2) is 7.31. The molecule has 2 heterocycles. The van der Waals surface area contributed by atoms with Crippen molar-refractivity contribution in [2.45, 2.75) is 20.4 Å². The zero-order valence-corrected chi connectivity index (χ0v) is 15.9. The third kappa shape index (κ3) is 3.64. The minimum absolute atomic E-state index is 0.225. The number of rotatable bonds is 4. The van der Waals surface area contributed by atoms with Crippen LogP contribution < -0.4 is 10.9 Å².